The molecule has 0 saturated carbocycles. The Morgan fingerprint density at radius 2 is 2.15 bits per heavy atom. The molecule has 0 bridgehead atoms. The number of nitro benzene ring substituents is 1. The Kier molecular flexibility index (Phi) is 5.43. The number of hydrogen-bond acceptors (Lipinski definition) is 6. The Labute approximate surface area is 119 Å². The van der Waals surface area contributed by atoms with Gasteiger partial charge in [-0.15, -0.1) is 0 Å². The fourth-order valence-corrected chi connectivity index (χ4v) is 2.70. The molecule has 0 aliphatic carbocycles. The lowest BCUT2D eigenvalue weighted by atomic mass is 10.3. The van der Waals surface area contributed by atoms with Crippen LogP contribution in [-0.4, -0.2) is 32.5 Å². The molecule has 0 aliphatic heterocycles. The highest BCUT2D eigenvalue weighted by atomic mass is 35.5. The van der Waals surface area contributed by atoms with E-state index in [1.165, 1.54) is 6.07 Å². The summed E-state index contributed by atoms with van der Waals surface area (Å²) in [5.41, 5.74) is -0.634. The van der Waals surface area contributed by atoms with Crippen molar-refractivity contribution >= 4 is 33.3 Å². The molecule has 110 valence electrons. The Balaban J connectivity index is 3.06. The number of esters is 1. The zero-order valence-corrected chi connectivity index (χ0v) is 11.9. The van der Waals surface area contributed by atoms with Gasteiger partial charge < -0.3 is 4.74 Å². The number of carbonyl (C=O) groups excluding carboxylic acids is 1. The van der Waals surface area contributed by atoms with Gasteiger partial charge in [-0.25, -0.2) is 8.42 Å². The minimum absolute atomic E-state index is 0.0205. The molecule has 8 nitrogen and oxygen atoms in total. The molecule has 0 aliphatic rings. The summed E-state index contributed by atoms with van der Waals surface area (Å²) in [5, 5.41) is 10.8. The first kappa shape index (κ1) is 16.3. The number of nitrogens with zero attached hydrogens (tertiary/aromatic N) is 1. The highest BCUT2D eigenvalue weighted by Crippen LogP contribution is 2.26. The maximum absolute atomic E-state index is 11.9. The van der Waals surface area contributed by atoms with E-state index in [1.54, 1.807) is 6.92 Å². The predicted octanol–water partition coefficient (Wildman–Crippen LogP) is 1.09. The minimum atomic E-state index is -4.25. The maximum atomic E-state index is 11.9. The van der Waals surface area contributed by atoms with Gasteiger partial charge in [0.2, 0.25) is 10.0 Å². The van der Waals surface area contributed by atoms with Crippen LogP contribution in [0.5, 0.6) is 0 Å². The third-order valence-corrected chi connectivity index (χ3v) is 3.79. The third-order valence-electron chi connectivity index (χ3n) is 2.12. The molecule has 0 saturated heterocycles. The molecule has 1 N–H and O–H groups in total. The lowest BCUT2D eigenvalue weighted by Crippen LogP contribution is -2.31. The van der Waals surface area contributed by atoms with Gasteiger partial charge >= 0.3 is 5.97 Å². The molecule has 1 rings (SSSR count). The molecule has 0 unspecified atom stereocenters. The van der Waals surface area contributed by atoms with Gasteiger partial charge in [-0.1, -0.05) is 11.6 Å². The summed E-state index contributed by atoms with van der Waals surface area (Å²) in [6.45, 7) is 1.03. The van der Waals surface area contributed by atoms with E-state index in [0.717, 1.165) is 12.1 Å². The number of benzene rings is 1. The zero-order valence-electron chi connectivity index (χ0n) is 10.3. The first-order valence-corrected chi connectivity index (χ1v) is 7.23. The minimum Gasteiger partial charge on any atom is -0.465 e. The van der Waals surface area contributed by atoms with Gasteiger partial charge in [0.05, 0.1) is 11.5 Å². The second-order valence-corrected chi connectivity index (χ2v) is 5.67. The number of nitrogens with one attached hydrogen (secondary N) is 1. The van der Waals surface area contributed by atoms with Crippen molar-refractivity contribution in [3.63, 3.8) is 0 Å². The van der Waals surface area contributed by atoms with Crippen LogP contribution in [0.25, 0.3) is 0 Å². The van der Waals surface area contributed by atoms with E-state index in [9.17, 15) is 23.3 Å². The lowest BCUT2D eigenvalue weighted by molar-refractivity contribution is -0.387. The average Bonchev–Trinajstić information content (AvgIpc) is 2.36. The smallest absolute Gasteiger partial charge is 0.321 e. The van der Waals surface area contributed by atoms with Crippen molar-refractivity contribution < 1.29 is 22.9 Å². The van der Waals surface area contributed by atoms with E-state index in [-0.39, 0.29) is 11.6 Å². The Morgan fingerprint density at radius 3 is 2.70 bits per heavy atom. The third kappa shape index (κ3) is 4.15. The molecular formula is C10H11ClN2O6S. The van der Waals surface area contributed by atoms with Crippen molar-refractivity contribution in [2.24, 2.45) is 0 Å². The molecule has 0 spiro atoms. The van der Waals surface area contributed by atoms with E-state index < -0.39 is 38.0 Å². The van der Waals surface area contributed by atoms with Crippen LogP contribution >= 0.6 is 11.6 Å². The normalized spacial score (nSPS) is 11.1. The summed E-state index contributed by atoms with van der Waals surface area (Å²) < 4.78 is 30.3. The van der Waals surface area contributed by atoms with E-state index in [2.05, 4.69) is 4.74 Å². The van der Waals surface area contributed by atoms with Gasteiger partial charge in [-0.05, 0) is 19.1 Å². The maximum Gasteiger partial charge on any atom is 0.321 e. The molecule has 1 aromatic carbocycles. The molecular weight excluding hydrogens is 312 g/mol. The molecule has 20 heavy (non-hydrogen) atoms. The topological polar surface area (TPSA) is 116 Å². The summed E-state index contributed by atoms with van der Waals surface area (Å²) in [6, 6.07) is 3.11. The number of rotatable bonds is 6. The van der Waals surface area contributed by atoms with Crippen molar-refractivity contribution in [2.75, 3.05) is 13.2 Å². The van der Waals surface area contributed by atoms with E-state index in [4.69, 9.17) is 11.6 Å². The lowest BCUT2D eigenvalue weighted by Gasteiger charge is -2.07. The van der Waals surface area contributed by atoms with Crippen LogP contribution in [-0.2, 0) is 19.6 Å². The highest BCUT2D eigenvalue weighted by molar-refractivity contribution is 7.89. The number of hydrogen-bond donors (Lipinski definition) is 1. The van der Waals surface area contributed by atoms with E-state index >= 15 is 0 Å². The molecule has 0 aromatic heterocycles. The number of sulfonamides is 1. The molecule has 10 heteroatoms. The second kappa shape index (κ2) is 6.64. The van der Waals surface area contributed by atoms with Gasteiger partial charge in [-0.3, -0.25) is 14.9 Å². The van der Waals surface area contributed by atoms with Gasteiger partial charge in [0.1, 0.15) is 6.54 Å². The Bertz CT molecular complexity index is 631. The Morgan fingerprint density at radius 1 is 1.50 bits per heavy atom. The molecule has 0 atom stereocenters. The van der Waals surface area contributed by atoms with Crippen molar-refractivity contribution in [2.45, 2.75) is 11.8 Å². The fourth-order valence-electron chi connectivity index (χ4n) is 1.30. The van der Waals surface area contributed by atoms with Crippen molar-refractivity contribution in [3.05, 3.63) is 33.3 Å². The van der Waals surface area contributed by atoms with Crippen LogP contribution in [0.3, 0.4) is 0 Å². The fraction of sp³-hybridized carbons (Fsp3) is 0.300. The molecule has 0 heterocycles. The van der Waals surface area contributed by atoms with Gasteiger partial charge in [-0.2, -0.15) is 4.72 Å². The van der Waals surface area contributed by atoms with Crippen LogP contribution in [0.15, 0.2) is 23.1 Å². The van der Waals surface area contributed by atoms with Crippen LogP contribution in [0, 0.1) is 10.1 Å². The van der Waals surface area contributed by atoms with Crippen LogP contribution < -0.4 is 4.72 Å². The van der Waals surface area contributed by atoms with E-state index in [1.807, 2.05) is 4.72 Å². The van der Waals surface area contributed by atoms with Gasteiger partial charge in [0.15, 0.2) is 4.90 Å². The number of carbonyl (C=O) groups is 1. The van der Waals surface area contributed by atoms with E-state index in [0.29, 0.717) is 0 Å². The monoisotopic (exact) mass is 322 g/mol. The summed E-state index contributed by atoms with van der Waals surface area (Å²) in [6.07, 6.45) is 0. The summed E-state index contributed by atoms with van der Waals surface area (Å²) in [4.78, 5) is 20.4. The van der Waals surface area contributed by atoms with Gasteiger partial charge in [0, 0.05) is 11.1 Å². The predicted molar refractivity (Wildman–Crippen MR) is 69.9 cm³/mol. The summed E-state index contributed by atoms with van der Waals surface area (Å²) >= 11 is 5.63. The Hall–Kier alpha value is -1.71. The quantitative estimate of drug-likeness (QED) is 0.476. The number of ether oxygens (including phenoxy) is 1. The zero-order chi connectivity index (χ0) is 15.3. The second-order valence-electron chi connectivity index (χ2n) is 3.50. The van der Waals surface area contributed by atoms with Gasteiger partial charge in [0.25, 0.3) is 5.69 Å². The molecule has 0 amide bonds. The first-order valence-electron chi connectivity index (χ1n) is 5.37. The molecule has 1 aromatic rings. The SMILES string of the molecule is CCOC(=O)CNS(=O)(=O)c1cc(Cl)ccc1[N+](=O)[O-]. The summed E-state index contributed by atoms with van der Waals surface area (Å²) in [5.74, 6) is -0.791. The highest BCUT2D eigenvalue weighted by Gasteiger charge is 2.26. The largest absolute Gasteiger partial charge is 0.465 e. The van der Waals surface area contributed by atoms with Crippen LogP contribution in [0.1, 0.15) is 6.92 Å². The van der Waals surface area contributed by atoms with Crippen molar-refractivity contribution in [3.8, 4) is 0 Å². The first-order chi connectivity index (χ1) is 9.27. The molecule has 0 fully saturated rings. The summed E-state index contributed by atoms with van der Waals surface area (Å²) in [7, 11) is -4.25. The van der Waals surface area contributed by atoms with Crippen LogP contribution in [0.2, 0.25) is 5.02 Å². The molecule has 0 radical (unpaired) electrons. The van der Waals surface area contributed by atoms with Crippen molar-refractivity contribution in [1.29, 1.82) is 0 Å². The average molecular weight is 323 g/mol. The van der Waals surface area contributed by atoms with Crippen molar-refractivity contribution in [1.82, 2.24) is 4.72 Å². The van der Waals surface area contributed by atoms with Crippen LogP contribution in [0.4, 0.5) is 5.69 Å². The standard InChI is InChI=1S/C10H11ClN2O6S/c1-2-19-10(14)6-12-20(17,18)9-5-7(11)3-4-8(9)13(15)16/h3-5,12H,2,6H2,1H3. The number of halogens is 1. The number of nitro groups is 1.